The van der Waals surface area contributed by atoms with E-state index in [1.165, 1.54) is 0 Å². The maximum absolute atomic E-state index is 11.9. The summed E-state index contributed by atoms with van der Waals surface area (Å²) >= 11 is 1.60. The molecule has 1 aromatic rings. The highest BCUT2D eigenvalue weighted by Crippen LogP contribution is 2.31. The van der Waals surface area contributed by atoms with Gasteiger partial charge in [0.25, 0.3) is 0 Å². The molecule has 0 aliphatic heterocycles. The van der Waals surface area contributed by atoms with Gasteiger partial charge in [0.15, 0.2) is 5.82 Å². The summed E-state index contributed by atoms with van der Waals surface area (Å²) in [5, 5.41) is 12.0. The fraction of sp³-hybridized carbons (Fsp3) is 0.393. The summed E-state index contributed by atoms with van der Waals surface area (Å²) in [6.07, 6.45) is 11.9. The number of aromatic nitrogens is 2. The number of carbonyl (C=O) groups is 1. The Morgan fingerprint density at radius 2 is 1.88 bits per heavy atom. The van der Waals surface area contributed by atoms with Crippen LogP contribution in [0, 0.1) is 0 Å². The average Bonchev–Trinajstić information content (AvgIpc) is 2.80. The first-order valence-corrected chi connectivity index (χ1v) is 12.5. The predicted octanol–water partition coefficient (Wildman–Crippen LogP) is 7.56. The summed E-state index contributed by atoms with van der Waals surface area (Å²) in [5.41, 5.74) is 3.94. The summed E-state index contributed by atoms with van der Waals surface area (Å²) in [7, 11) is 1.98. The van der Waals surface area contributed by atoms with Crippen LogP contribution >= 0.6 is 11.8 Å². The van der Waals surface area contributed by atoms with Crippen LogP contribution in [0.15, 0.2) is 83.5 Å². The lowest BCUT2D eigenvalue weighted by atomic mass is 10.1. The fourth-order valence-corrected chi connectivity index (χ4v) is 3.76. The summed E-state index contributed by atoms with van der Waals surface area (Å²) < 4.78 is 0. The number of nitrogens with zero attached hydrogens (tertiary/aromatic N) is 3. The third-order valence-corrected chi connectivity index (χ3v) is 6.19. The first-order chi connectivity index (χ1) is 16.2. The van der Waals surface area contributed by atoms with Crippen molar-refractivity contribution in [1.29, 1.82) is 0 Å². The number of hydrogen-bond donors (Lipinski definition) is 1. The van der Waals surface area contributed by atoms with E-state index in [1.807, 2.05) is 44.0 Å². The highest BCUT2D eigenvalue weighted by atomic mass is 32.2. The van der Waals surface area contributed by atoms with Crippen LogP contribution in [0.2, 0.25) is 0 Å². The lowest BCUT2D eigenvalue weighted by molar-refractivity contribution is -0.115. The standard InChI is InChI=1S/C28H40N4OS/c1-9-11-14-22(4)19-23(5)32(8)25(7)34-24(6)15-12-13-16-26-17-18-27(31-30-26)29-28(33)20-21(3)10-2/h10-11,14,17-18H,4-7,9,12-13,15-16,19-20H2,1-3,8H3,(H,29,31,33)/b14-11-,21-10+. The number of aryl methyl sites for hydroxylation is 1. The maximum atomic E-state index is 11.9. The zero-order valence-electron chi connectivity index (χ0n) is 21.3. The molecule has 5 nitrogen and oxygen atoms in total. The van der Waals surface area contributed by atoms with Gasteiger partial charge in [-0.15, -0.1) is 5.10 Å². The molecule has 1 amide bonds. The number of hydrogen-bond acceptors (Lipinski definition) is 5. The third kappa shape index (κ3) is 11.8. The van der Waals surface area contributed by atoms with Gasteiger partial charge in [-0.25, -0.2) is 0 Å². The fourth-order valence-electron chi connectivity index (χ4n) is 2.92. The number of anilines is 1. The van der Waals surface area contributed by atoms with Gasteiger partial charge in [-0.1, -0.05) is 68.8 Å². The number of carbonyl (C=O) groups excluding carboxylic acids is 1. The van der Waals surface area contributed by atoms with E-state index in [0.29, 0.717) is 12.2 Å². The van der Waals surface area contributed by atoms with Crippen LogP contribution in [0.5, 0.6) is 0 Å². The number of rotatable bonds is 16. The smallest absolute Gasteiger partial charge is 0.229 e. The summed E-state index contributed by atoms with van der Waals surface area (Å²) in [5.74, 6) is 0.402. The van der Waals surface area contributed by atoms with Crippen LogP contribution in [-0.2, 0) is 11.2 Å². The van der Waals surface area contributed by atoms with Crippen molar-refractivity contribution < 1.29 is 4.79 Å². The van der Waals surface area contributed by atoms with Crippen molar-refractivity contribution in [2.75, 3.05) is 12.4 Å². The second-order valence-electron chi connectivity index (χ2n) is 8.28. The molecule has 34 heavy (non-hydrogen) atoms. The van der Waals surface area contributed by atoms with Crippen molar-refractivity contribution in [2.45, 2.75) is 65.7 Å². The first kappa shape index (κ1) is 29.2. The molecule has 1 rings (SSSR count). The number of unbranched alkanes of at least 4 members (excludes halogenated alkanes) is 1. The van der Waals surface area contributed by atoms with Crippen molar-refractivity contribution in [3.63, 3.8) is 0 Å². The van der Waals surface area contributed by atoms with Gasteiger partial charge in [0, 0.05) is 25.6 Å². The number of nitrogens with one attached hydrogen (secondary N) is 1. The van der Waals surface area contributed by atoms with E-state index in [0.717, 1.165) is 71.0 Å². The number of amides is 1. The van der Waals surface area contributed by atoms with E-state index in [1.54, 1.807) is 17.8 Å². The molecule has 1 N–H and O–H groups in total. The van der Waals surface area contributed by atoms with E-state index in [4.69, 9.17) is 0 Å². The van der Waals surface area contributed by atoms with Gasteiger partial charge in [0.2, 0.25) is 5.91 Å². The van der Waals surface area contributed by atoms with Gasteiger partial charge >= 0.3 is 0 Å². The molecule has 0 atom stereocenters. The molecule has 0 aliphatic rings. The molecule has 184 valence electrons. The van der Waals surface area contributed by atoms with Crippen molar-refractivity contribution >= 4 is 23.5 Å². The minimum absolute atomic E-state index is 0.0808. The summed E-state index contributed by atoms with van der Waals surface area (Å²) in [6, 6.07) is 3.72. The molecule has 0 saturated heterocycles. The van der Waals surface area contributed by atoms with Crippen LogP contribution in [0.3, 0.4) is 0 Å². The topological polar surface area (TPSA) is 58.1 Å². The van der Waals surface area contributed by atoms with Crippen molar-refractivity contribution in [3.05, 3.63) is 89.1 Å². The highest BCUT2D eigenvalue weighted by Gasteiger charge is 2.10. The van der Waals surface area contributed by atoms with Crippen LogP contribution in [0.25, 0.3) is 0 Å². The Labute approximate surface area is 210 Å². The monoisotopic (exact) mass is 480 g/mol. The minimum Gasteiger partial charge on any atom is -0.343 e. The van der Waals surface area contributed by atoms with Gasteiger partial charge in [-0.2, -0.15) is 5.10 Å². The summed E-state index contributed by atoms with van der Waals surface area (Å²) in [4.78, 5) is 15.0. The Balaban J connectivity index is 2.34. The lowest BCUT2D eigenvalue weighted by Gasteiger charge is -2.24. The molecule has 0 radical (unpaired) electrons. The Morgan fingerprint density at radius 1 is 1.15 bits per heavy atom. The zero-order valence-corrected chi connectivity index (χ0v) is 22.1. The zero-order chi connectivity index (χ0) is 25.5. The SMILES string of the molecule is C=C(/C=C\CC)CC(=C)N(C)C(=C)SC(=C)CCCCc1ccc(NC(=O)C/C(C)=C/C)nn1. The molecule has 1 heterocycles. The molecule has 0 aliphatic carbocycles. The molecule has 0 aromatic carbocycles. The van der Waals surface area contributed by atoms with E-state index >= 15 is 0 Å². The normalized spacial score (nSPS) is 11.4. The molecule has 6 heteroatoms. The van der Waals surface area contributed by atoms with Crippen LogP contribution in [-0.4, -0.2) is 28.1 Å². The van der Waals surface area contributed by atoms with E-state index in [9.17, 15) is 4.79 Å². The van der Waals surface area contributed by atoms with Crippen molar-refractivity contribution in [1.82, 2.24) is 15.1 Å². The van der Waals surface area contributed by atoms with Gasteiger partial charge in [0.05, 0.1) is 10.7 Å². The van der Waals surface area contributed by atoms with E-state index in [-0.39, 0.29) is 5.91 Å². The van der Waals surface area contributed by atoms with Gasteiger partial charge < -0.3 is 10.2 Å². The largest absolute Gasteiger partial charge is 0.343 e. The molecule has 0 bridgehead atoms. The molecule has 0 fully saturated rings. The minimum atomic E-state index is -0.0808. The van der Waals surface area contributed by atoms with Crippen molar-refractivity contribution in [3.8, 4) is 0 Å². The van der Waals surface area contributed by atoms with Gasteiger partial charge in [-0.3, -0.25) is 4.79 Å². The Bertz CT molecular complexity index is 928. The second kappa shape index (κ2) is 15.9. The quantitative estimate of drug-likeness (QED) is 0.150. The number of allylic oxidation sites excluding steroid dienone is 5. The van der Waals surface area contributed by atoms with Gasteiger partial charge in [-0.05, 0) is 68.6 Å². The Kier molecular flexibility index (Phi) is 13.6. The van der Waals surface area contributed by atoms with E-state index in [2.05, 4.69) is 54.8 Å². The summed E-state index contributed by atoms with van der Waals surface area (Å²) in [6.45, 7) is 22.6. The molecule has 0 unspecified atom stereocenters. The Hall–Kier alpha value is -2.86. The molecule has 0 spiro atoms. The Morgan fingerprint density at radius 3 is 2.50 bits per heavy atom. The molecular formula is C28H40N4OS. The maximum Gasteiger partial charge on any atom is 0.229 e. The van der Waals surface area contributed by atoms with Gasteiger partial charge in [0.1, 0.15) is 0 Å². The predicted molar refractivity (Wildman–Crippen MR) is 148 cm³/mol. The van der Waals surface area contributed by atoms with E-state index < -0.39 is 0 Å². The third-order valence-electron chi connectivity index (χ3n) is 5.19. The average molecular weight is 481 g/mol. The van der Waals surface area contributed by atoms with Crippen molar-refractivity contribution in [2.24, 2.45) is 0 Å². The number of thioether (sulfide) groups is 1. The molecule has 1 aromatic heterocycles. The lowest BCUT2D eigenvalue weighted by Crippen LogP contribution is -2.14. The van der Waals surface area contributed by atoms with Crippen LogP contribution in [0.1, 0.15) is 65.0 Å². The highest BCUT2D eigenvalue weighted by molar-refractivity contribution is 8.06. The molecule has 0 saturated carbocycles. The van der Waals surface area contributed by atoms with Crippen LogP contribution in [0.4, 0.5) is 5.82 Å². The second-order valence-corrected chi connectivity index (χ2v) is 9.54. The van der Waals surface area contributed by atoms with Crippen LogP contribution < -0.4 is 5.32 Å². The molecular weight excluding hydrogens is 440 g/mol. The first-order valence-electron chi connectivity index (χ1n) is 11.7.